The van der Waals surface area contributed by atoms with Crippen LogP contribution in [0, 0.1) is 11.8 Å². The molecule has 0 aliphatic heterocycles. The van der Waals surface area contributed by atoms with Gasteiger partial charge in [-0.15, -0.1) is 6.58 Å². The summed E-state index contributed by atoms with van der Waals surface area (Å²) in [5.41, 5.74) is -0.540. The van der Waals surface area contributed by atoms with Gasteiger partial charge in [-0.1, -0.05) is 26.8 Å². The Labute approximate surface area is 117 Å². The molecule has 19 heavy (non-hydrogen) atoms. The zero-order valence-corrected chi connectivity index (χ0v) is 13.3. The van der Waals surface area contributed by atoms with E-state index in [9.17, 15) is 9.90 Å². The van der Waals surface area contributed by atoms with Crippen molar-refractivity contribution in [2.45, 2.75) is 59.3 Å². The minimum atomic E-state index is -0.657. The summed E-state index contributed by atoms with van der Waals surface area (Å²) in [4.78, 5) is 13.6. The summed E-state index contributed by atoms with van der Waals surface area (Å²) in [5.74, 6) is 0.0344. The van der Waals surface area contributed by atoms with Gasteiger partial charge in [-0.3, -0.25) is 0 Å². The van der Waals surface area contributed by atoms with E-state index in [1.54, 1.807) is 13.1 Å². The van der Waals surface area contributed by atoms with E-state index >= 15 is 0 Å². The van der Waals surface area contributed by atoms with Crippen molar-refractivity contribution in [3.05, 3.63) is 12.7 Å². The smallest absolute Gasteiger partial charge is 0.410 e. The van der Waals surface area contributed by atoms with Gasteiger partial charge in [-0.05, 0) is 26.7 Å². The van der Waals surface area contributed by atoms with Crippen LogP contribution in [0.2, 0.25) is 0 Å². The molecular weight excluding hydrogens is 242 g/mol. The van der Waals surface area contributed by atoms with Crippen molar-refractivity contribution >= 4 is 6.09 Å². The Morgan fingerprint density at radius 3 is 2.11 bits per heavy atom. The van der Waals surface area contributed by atoms with Gasteiger partial charge in [0.1, 0.15) is 5.60 Å². The van der Waals surface area contributed by atoms with Crippen molar-refractivity contribution in [3.8, 4) is 0 Å². The van der Waals surface area contributed by atoms with E-state index in [2.05, 4.69) is 6.58 Å². The average molecular weight is 271 g/mol. The third-order valence-electron chi connectivity index (χ3n) is 3.07. The first kappa shape index (κ1) is 18.0. The van der Waals surface area contributed by atoms with Crippen molar-refractivity contribution in [2.24, 2.45) is 11.8 Å². The molecule has 1 N–H and O–H groups in total. The van der Waals surface area contributed by atoms with Gasteiger partial charge in [-0.25, -0.2) is 4.79 Å². The number of carbonyl (C=O) groups excluding carboxylic acids is 1. The molecule has 0 fully saturated rings. The van der Waals surface area contributed by atoms with Crippen LogP contribution in [0.4, 0.5) is 4.79 Å². The van der Waals surface area contributed by atoms with Crippen LogP contribution in [0.15, 0.2) is 12.7 Å². The number of rotatable bonds is 5. The SMILES string of the molecule is C=C[C@@H](C)[C@H](O)[C@H](C(C)C)N(C)C(=O)OC(C)(C)C. The molecule has 0 aromatic rings. The number of hydrogen-bond donors (Lipinski definition) is 1. The number of aliphatic hydroxyl groups excluding tert-OH is 1. The van der Waals surface area contributed by atoms with Gasteiger partial charge in [0, 0.05) is 13.0 Å². The Morgan fingerprint density at radius 1 is 1.32 bits per heavy atom. The van der Waals surface area contributed by atoms with Crippen LogP contribution in [0.25, 0.3) is 0 Å². The maximum atomic E-state index is 12.1. The molecule has 0 radical (unpaired) electrons. The lowest BCUT2D eigenvalue weighted by Crippen LogP contribution is -2.51. The molecule has 4 nitrogen and oxygen atoms in total. The van der Waals surface area contributed by atoms with E-state index in [4.69, 9.17) is 4.74 Å². The molecule has 3 atom stereocenters. The van der Waals surface area contributed by atoms with Gasteiger partial charge in [0.05, 0.1) is 12.1 Å². The number of likely N-dealkylation sites (N-methyl/N-ethyl adjacent to an activating group) is 1. The van der Waals surface area contributed by atoms with Crippen LogP contribution in [0.5, 0.6) is 0 Å². The number of aliphatic hydroxyl groups is 1. The molecule has 0 aliphatic carbocycles. The van der Waals surface area contributed by atoms with Crippen LogP contribution in [0.3, 0.4) is 0 Å². The number of hydrogen-bond acceptors (Lipinski definition) is 3. The van der Waals surface area contributed by atoms with Crippen LogP contribution in [-0.2, 0) is 4.74 Å². The summed E-state index contributed by atoms with van der Waals surface area (Å²) in [6, 6.07) is -0.303. The highest BCUT2D eigenvalue weighted by Crippen LogP contribution is 2.22. The second-order valence-corrected chi connectivity index (χ2v) is 6.41. The predicted octanol–water partition coefficient (Wildman–Crippen LogP) is 3.06. The summed E-state index contributed by atoms with van der Waals surface area (Å²) in [6.45, 7) is 15.0. The highest BCUT2D eigenvalue weighted by atomic mass is 16.6. The molecule has 0 aromatic heterocycles. The summed E-state index contributed by atoms with van der Waals surface area (Å²) in [6.07, 6.45) is 0.625. The lowest BCUT2D eigenvalue weighted by molar-refractivity contribution is -0.0164. The highest BCUT2D eigenvalue weighted by molar-refractivity contribution is 5.68. The molecule has 4 heteroatoms. The van der Waals surface area contributed by atoms with Crippen LogP contribution < -0.4 is 0 Å². The van der Waals surface area contributed by atoms with Gasteiger partial charge in [0.25, 0.3) is 0 Å². The van der Waals surface area contributed by atoms with Gasteiger partial charge in [-0.2, -0.15) is 0 Å². The second-order valence-electron chi connectivity index (χ2n) is 6.41. The maximum Gasteiger partial charge on any atom is 0.410 e. The summed E-state index contributed by atoms with van der Waals surface area (Å²) < 4.78 is 5.34. The lowest BCUT2D eigenvalue weighted by Gasteiger charge is -2.37. The van der Waals surface area contributed by atoms with E-state index in [1.807, 2.05) is 41.5 Å². The van der Waals surface area contributed by atoms with Gasteiger partial charge in [0.15, 0.2) is 0 Å². The molecule has 0 rings (SSSR count). The summed E-state index contributed by atoms with van der Waals surface area (Å²) in [7, 11) is 1.66. The first-order valence-electron chi connectivity index (χ1n) is 6.77. The normalized spacial score (nSPS) is 16.7. The molecule has 0 saturated carbocycles. The summed E-state index contributed by atoms with van der Waals surface area (Å²) >= 11 is 0. The van der Waals surface area contributed by atoms with Gasteiger partial charge < -0.3 is 14.7 Å². The van der Waals surface area contributed by atoms with Crippen molar-refractivity contribution in [1.82, 2.24) is 4.90 Å². The molecule has 0 heterocycles. The van der Waals surface area contributed by atoms with E-state index in [0.29, 0.717) is 0 Å². The van der Waals surface area contributed by atoms with E-state index in [0.717, 1.165) is 0 Å². The van der Waals surface area contributed by atoms with E-state index in [1.165, 1.54) is 4.90 Å². The number of amides is 1. The fourth-order valence-electron chi connectivity index (χ4n) is 1.98. The largest absolute Gasteiger partial charge is 0.444 e. The molecule has 0 aliphatic rings. The minimum Gasteiger partial charge on any atom is -0.444 e. The monoisotopic (exact) mass is 271 g/mol. The molecule has 0 bridgehead atoms. The third kappa shape index (κ3) is 5.64. The topological polar surface area (TPSA) is 49.8 Å². The first-order valence-corrected chi connectivity index (χ1v) is 6.77. The lowest BCUT2D eigenvalue weighted by atomic mass is 9.89. The molecule has 1 amide bonds. The quantitative estimate of drug-likeness (QED) is 0.782. The molecular formula is C15H29NO3. The third-order valence-corrected chi connectivity index (χ3v) is 3.07. The standard InChI is InChI=1S/C15H29NO3/c1-9-11(4)13(17)12(10(2)3)16(8)14(18)19-15(5,6)7/h9-13,17H,1H2,2-8H3/t11-,12+,13+/m1/s1. The molecule has 0 aromatic carbocycles. The van der Waals surface area contributed by atoms with Gasteiger partial charge >= 0.3 is 6.09 Å². The van der Waals surface area contributed by atoms with Crippen LogP contribution in [0.1, 0.15) is 41.5 Å². The zero-order chi connectivity index (χ0) is 15.4. The molecule has 0 saturated heterocycles. The maximum absolute atomic E-state index is 12.1. The number of carbonyl (C=O) groups is 1. The van der Waals surface area contributed by atoms with Crippen LogP contribution >= 0.6 is 0 Å². The molecule has 0 spiro atoms. The Morgan fingerprint density at radius 2 is 1.79 bits per heavy atom. The average Bonchev–Trinajstić information content (AvgIpc) is 2.24. The van der Waals surface area contributed by atoms with E-state index < -0.39 is 17.8 Å². The van der Waals surface area contributed by atoms with Crippen molar-refractivity contribution in [1.29, 1.82) is 0 Å². The second kappa shape index (κ2) is 6.94. The predicted molar refractivity (Wildman–Crippen MR) is 78.0 cm³/mol. The van der Waals surface area contributed by atoms with Crippen molar-refractivity contribution < 1.29 is 14.6 Å². The zero-order valence-electron chi connectivity index (χ0n) is 13.3. The minimum absolute atomic E-state index is 0.0858. The van der Waals surface area contributed by atoms with Gasteiger partial charge in [0.2, 0.25) is 0 Å². The molecule has 112 valence electrons. The van der Waals surface area contributed by atoms with Crippen LogP contribution in [-0.4, -0.2) is 40.9 Å². The summed E-state index contributed by atoms with van der Waals surface area (Å²) in [5, 5.41) is 10.3. The fraction of sp³-hybridized carbons (Fsp3) is 0.800. The molecule has 0 unspecified atom stereocenters. The Hall–Kier alpha value is -1.03. The Bertz CT molecular complexity index is 307. The number of nitrogens with zero attached hydrogens (tertiary/aromatic N) is 1. The van der Waals surface area contributed by atoms with E-state index in [-0.39, 0.29) is 17.9 Å². The van der Waals surface area contributed by atoms with Crippen molar-refractivity contribution in [3.63, 3.8) is 0 Å². The highest BCUT2D eigenvalue weighted by Gasteiger charge is 2.34. The number of ether oxygens (including phenoxy) is 1. The van der Waals surface area contributed by atoms with Crippen molar-refractivity contribution in [2.75, 3.05) is 7.05 Å². The first-order chi connectivity index (χ1) is 8.51. The Kier molecular flexibility index (Phi) is 6.57. The fourth-order valence-corrected chi connectivity index (χ4v) is 1.98. The Balaban J connectivity index is 4.99.